The van der Waals surface area contributed by atoms with Crippen LogP contribution in [0.2, 0.25) is 0 Å². The number of amides is 2. The third-order valence-corrected chi connectivity index (χ3v) is 4.29. The first-order valence-electron chi connectivity index (χ1n) is 7.55. The van der Waals surface area contributed by atoms with E-state index in [0.717, 1.165) is 11.3 Å². The number of thiazole rings is 1. The van der Waals surface area contributed by atoms with Crippen LogP contribution in [0.15, 0.2) is 22.8 Å². The molecule has 0 aliphatic heterocycles. The van der Waals surface area contributed by atoms with Gasteiger partial charge in [0.2, 0.25) is 5.91 Å². The van der Waals surface area contributed by atoms with Gasteiger partial charge in [-0.05, 0) is 25.5 Å². The fourth-order valence-electron chi connectivity index (χ4n) is 2.07. The molecule has 2 heterocycles. The van der Waals surface area contributed by atoms with Crippen molar-refractivity contribution < 1.29 is 18.7 Å². The van der Waals surface area contributed by atoms with Crippen LogP contribution in [0.4, 0.5) is 0 Å². The molecular weight excluding hydrogens is 330 g/mol. The van der Waals surface area contributed by atoms with Crippen molar-refractivity contribution in [3.05, 3.63) is 29.0 Å². The molecule has 2 aromatic heterocycles. The van der Waals surface area contributed by atoms with E-state index < -0.39 is 0 Å². The molecular formula is C16H21N3O4S. The number of nitrogens with zero attached hydrogens (tertiary/aromatic N) is 2. The summed E-state index contributed by atoms with van der Waals surface area (Å²) in [4.78, 5) is 30.9. The van der Waals surface area contributed by atoms with Crippen molar-refractivity contribution in [2.24, 2.45) is 0 Å². The highest BCUT2D eigenvalue weighted by molar-refractivity contribution is 7.15. The number of carbonyl (C=O) groups excluding carboxylic acids is 2. The quantitative estimate of drug-likeness (QED) is 0.735. The molecule has 1 N–H and O–H groups in total. The highest BCUT2D eigenvalue weighted by atomic mass is 32.1. The van der Waals surface area contributed by atoms with E-state index in [1.54, 1.807) is 32.6 Å². The molecule has 8 heteroatoms. The van der Waals surface area contributed by atoms with E-state index in [9.17, 15) is 9.59 Å². The van der Waals surface area contributed by atoms with Crippen LogP contribution in [0, 0.1) is 6.92 Å². The second kappa shape index (κ2) is 8.60. The lowest BCUT2D eigenvalue weighted by atomic mass is 10.3. The van der Waals surface area contributed by atoms with E-state index in [4.69, 9.17) is 9.15 Å². The minimum Gasteiger partial charge on any atom is -0.462 e. The van der Waals surface area contributed by atoms with Crippen molar-refractivity contribution in [2.45, 2.75) is 13.3 Å². The predicted octanol–water partition coefficient (Wildman–Crippen LogP) is 1.94. The summed E-state index contributed by atoms with van der Waals surface area (Å²) < 4.78 is 10.2. The molecule has 7 nitrogen and oxygen atoms in total. The second-order valence-corrected chi connectivity index (χ2v) is 6.46. The summed E-state index contributed by atoms with van der Waals surface area (Å²) in [5.74, 6) is 0.135. The van der Waals surface area contributed by atoms with Gasteiger partial charge in [-0.25, -0.2) is 4.98 Å². The van der Waals surface area contributed by atoms with Gasteiger partial charge in [0.25, 0.3) is 5.91 Å². The Labute approximate surface area is 144 Å². The summed E-state index contributed by atoms with van der Waals surface area (Å²) in [7, 11) is 3.20. The highest BCUT2D eigenvalue weighted by Crippen LogP contribution is 2.28. The Morgan fingerprint density at radius 2 is 2.25 bits per heavy atom. The van der Waals surface area contributed by atoms with Gasteiger partial charge < -0.3 is 19.4 Å². The number of ether oxygens (including phenoxy) is 1. The number of furan rings is 1. The van der Waals surface area contributed by atoms with Crippen LogP contribution >= 0.6 is 11.3 Å². The number of nitrogens with one attached hydrogen (secondary N) is 1. The molecule has 0 radical (unpaired) electrons. The Morgan fingerprint density at radius 3 is 2.92 bits per heavy atom. The molecule has 130 valence electrons. The molecule has 0 spiro atoms. The van der Waals surface area contributed by atoms with Gasteiger partial charge >= 0.3 is 0 Å². The van der Waals surface area contributed by atoms with Gasteiger partial charge in [0.05, 0.1) is 12.8 Å². The Morgan fingerprint density at radius 1 is 1.46 bits per heavy atom. The van der Waals surface area contributed by atoms with Crippen LogP contribution in [0.1, 0.15) is 21.8 Å². The molecule has 2 rings (SSSR count). The lowest BCUT2D eigenvalue weighted by Gasteiger charge is -2.16. The van der Waals surface area contributed by atoms with Crippen molar-refractivity contribution in [3.63, 3.8) is 0 Å². The van der Waals surface area contributed by atoms with Crippen LogP contribution in [0.5, 0.6) is 0 Å². The van der Waals surface area contributed by atoms with Crippen LogP contribution in [-0.2, 0) is 9.53 Å². The minimum atomic E-state index is -0.284. The van der Waals surface area contributed by atoms with Crippen LogP contribution < -0.4 is 5.32 Å². The van der Waals surface area contributed by atoms with Crippen molar-refractivity contribution in [1.82, 2.24) is 15.2 Å². The molecule has 2 aromatic rings. The van der Waals surface area contributed by atoms with E-state index >= 15 is 0 Å². The largest absolute Gasteiger partial charge is 0.462 e. The zero-order valence-electron chi connectivity index (χ0n) is 14.0. The van der Waals surface area contributed by atoms with Crippen LogP contribution in [-0.4, -0.2) is 55.6 Å². The molecule has 0 fully saturated rings. The maximum Gasteiger partial charge on any atom is 0.273 e. The first kappa shape index (κ1) is 18.2. The van der Waals surface area contributed by atoms with Gasteiger partial charge in [-0.1, -0.05) is 0 Å². The molecule has 0 saturated carbocycles. The fourth-order valence-corrected chi connectivity index (χ4v) is 2.94. The van der Waals surface area contributed by atoms with Gasteiger partial charge in [-0.2, -0.15) is 0 Å². The number of hydrogen-bond acceptors (Lipinski definition) is 6. The molecule has 0 unspecified atom stereocenters. The molecule has 0 aromatic carbocycles. The second-order valence-electron chi connectivity index (χ2n) is 5.26. The average Bonchev–Trinajstić information content (AvgIpc) is 3.20. The number of rotatable bonds is 8. The summed E-state index contributed by atoms with van der Waals surface area (Å²) in [6.07, 6.45) is 2.30. The number of carbonyl (C=O) groups is 2. The molecule has 0 aliphatic rings. The number of likely N-dealkylation sites (N-methyl/N-ethyl adjacent to an activating group) is 1. The summed E-state index contributed by atoms with van der Waals surface area (Å²) >= 11 is 1.39. The normalized spacial score (nSPS) is 10.6. The fraction of sp³-hybridized carbons (Fsp3) is 0.438. The third kappa shape index (κ3) is 4.65. The van der Waals surface area contributed by atoms with E-state index in [-0.39, 0.29) is 18.4 Å². The number of aryl methyl sites for hydroxylation is 1. The van der Waals surface area contributed by atoms with Crippen molar-refractivity contribution in [1.29, 1.82) is 0 Å². The lowest BCUT2D eigenvalue weighted by Crippen LogP contribution is -2.39. The Bertz CT molecular complexity index is 682. The monoisotopic (exact) mass is 351 g/mol. The minimum absolute atomic E-state index is 0.0150. The van der Waals surface area contributed by atoms with Crippen LogP contribution in [0.25, 0.3) is 10.8 Å². The SMILES string of the molecule is COCCCNC(=O)CN(C)C(=O)c1nc(-c2ccco2)sc1C. The summed E-state index contributed by atoms with van der Waals surface area (Å²) in [5.41, 5.74) is 0.348. The number of hydrogen-bond donors (Lipinski definition) is 1. The highest BCUT2D eigenvalue weighted by Gasteiger charge is 2.22. The zero-order valence-corrected chi connectivity index (χ0v) is 14.8. The van der Waals surface area contributed by atoms with Crippen molar-refractivity contribution in [3.8, 4) is 10.8 Å². The topological polar surface area (TPSA) is 84.7 Å². The maximum absolute atomic E-state index is 12.5. The molecule has 0 aliphatic carbocycles. The summed E-state index contributed by atoms with van der Waals surface area (Å²) in [6.45, 7) is 2.92. The van der Waals surface area contributed by atoms with Gasteiger partial charge in [0.15, 0.2) is 10.8 Å². The predicted molar refractivity (Wildman–Crippen MR) is 91.0 cm³/mol. The molecule has 0 saturated heterocycles. The Kier molecular flexibility index (Phi) is 6.51. The van der Waals surface area contributed by atoms with Crippen LogP contribution in [0.3, 0.4) is 0 Å². The molecule has 2 amide bonds. The lowest BCUT2D eigenvalue weighted by molar-refractivity contribution is -0.121. The summed E-state index contributed by atoms with van der Waals surface area (Å²) in [6, 6.07) is 3.57. The first-order chi connectivity index (χ1) is 11.5. The summed E-state index contributed by atoms with van der Waals surface area (Å²) in [5, 5.41) is 3.40. The molecule has 0 bridgehead atoms. The Hall–Kier alpha value is -2.19. The smallest absolute Gasteiger partial charge is 0.273 e. The van der Waals surface area contributed by atoms with Gasteiger partial charge in [-0.15, -0.1) is 11.3 Å². The van der Waals surface area contributed by atoms with Gasteiger partial charge in [0, 0.05) is 32.2 Å². The zero-order chi connectivity index (χ0) is 17.5. The average molecular weight is 351 g/mol. The van der Waals surface area contributed by atoms with E-state index in [0.29, 0.717) is 29.6 Å². The number of aromatic nitrogens is 1. The molecule has 24 heavy (non-hydrogen) atoms. The van der Waals surface area contributed by atoms with E-state index in [1.807, 2.05) is 6.92 Å². The molecule has 0 atom stereocenters. The van der Waals surface area contributed by atoms with Gasteiger partial charge in [0.1, 0.15) is 5.69 Å². The maximum atomic E-state index is 12.5. The van der Waals surface area contributed by atoms with Gasteiger partial charge in [-0.3, -0.25) is 9.59 Å². The van der Waals surface area contributed by atoms with E-state index in [1.165, 1.54) is 16.2 Å². The van der Waals surface area contributed by atoms with E-state index in [2.05, 4.69) is 10.3 Å². The number of methoxy groups -OCH3 is 1. The first-order valence-corrected chi connectivity index (χ1v) is 8.37. The standard InChI is InChI=1S/C16H21N3O4S/c1-11-14(18-15(24-11)12-6-4-9-23-12)16(21)19(2)10-13(20)17-7-5-8-22-3/h4,6,9H,5,7-8,10H2,1-3H3,(H,17,20). The van der Waals surface area contributed by atoms with Crippen molar-refractivity contribution >= 4 is 23.2 Å². The Balaban J connectivity index is 1.94. The third-order valence-electron chi connectivity index (χ3n) is 3.31. The van der Waals surface area contributed by atoms with Crippen molar-refractivity contribution in [2.75, 3.05) is 33.9 Å².